The summed E-state index contributed by atoms with van der Waals surface area (Å²) in [7, 11) is 1.65. The fourth-order valence-corrected chi connectivity index (χ4v) is 2.67. The van der Waals surface area contributed by atoms with Gasteiger partial charge in [-0.1, -0.05) is 12.2 Å². The molecule has 0 aliphatic heterocycles. The molecule has 3 rings (SSSR count). The third kappa shape index (κ3) is 2.40. The minimum atomic E-state index is 0.605. The smallest absolute Gasteiger partial charge is 0.227 e. The third-order valence-corrected chi connectivity index (χ3v) is 3.77. The fraction of sp³-hybridized carbons (Fsp3) is 0.333. The zero-order chi connectivity index (χ0) is 13.2. The van der Waals surface area contributed by atoms with Gasteiger partial charge in [0, 0.05) is 17.5 Å². The molecule has 1 aromatic carbocycles. The number of aryl methyl sites for hydroxylation is 1. The lowest BCUT2D eigenvalue weighted by molar-refractivity contribution is 0.414. The second-order valence-electron chi connectivity index (χ2n) is 4.66. The molecule has 0 bridgehead atoms. The first-order chi connectivity index (χ1) is 9.28. The highest BCUT2D eigenvalue weighted by Crippen LogP contribution is 2.27. The maximum Gasteiger partial charge on any atom is 0.227 e. The lowest BCUT2D eigenvalue weighted by Gasteiger charge is -2.14. The van der Waals surface area contributed by atoms with Crippen molar-refractivity contribution >= 4 is 12.2 Å². The van der Waals surface area contributed by atoms with Crippen LogP contribution < -0.4 is 4.74 Å². The van der Waals surface area contributed by atoms with E-state index in [1.807, 2.05) is 24.3 Å². The molecule has 0 radical (unpaired) electrons. The summed E-state index contributed by atoms with van der Waals surface area (Å²) in [6, 6.07) is 7.67. The first-order valence-corrected chi connectivity index (χ1v) is 6.86. The van der Waals surface area contributed by atoms with E-state index in [-0.39, 0.29) is 0 Å². The molecule has 19 heavy (non-hydrogen) atoms. The van der Waals surface area contributed by atoms with Gasteiger partial charge in [-0.05, 0) is 43.5 Å². The van der Waals surface area contributed by atoms with Crippen molar-refractivity contribution in [2.24, 2.45) is 0 Å². The van der Waals surface area contributed by atoms with E-state index in [4.69, 9.17) is 21.4 Å². The van der Waals surface area contributed by atoms with Gasteiger partial charge in [0.2, 0.25) is 5.89 Å². The minimum absolute atomic E-state index is 0.605. The Kier molecular flexibility index (Phi) is 3.34. The Bertz CT molecular complexity index is 646. The molecule has 0 saturated carbocycles. The van der Waals surface area contributed by atoms with Crippen molar-refractivity contribution in [1.82, 2.24) is 4.98 Å². The zero-order valence-electron chi connectivity index (χ0n) is 10.8. The van der Waals surface area contributed by atoms with E-state index in [9.17, 15) is 0 Å². The second-order valence-corrected chi connectivity index (χ2v) is 5.05. The van der Waals surface area contributed by atoms with Crippen LogP contribution in [0.4, 0.5) is 0 Å². The number of methoxy groups -OCH3 is 1. The number of hydrogen-bond donors (Lipinski definition) is 0. The average molecular weight is 273 g/mol. The molecule has 0 fully saturated rings. The number of ether oxygens (including phenoxy) is 1. The Morgan fingerprint density at radius 1 is 1.16 bits per heavy atom. The molecule has 4 heteroatoms. The van der Waals surface area contributed by atoms with Crippen molar-refractivity contribution in [3.8, 4) is 17.2 Å². The SMILES string of the molecule is COc1ccc(-c2nc(=S)c3c(o2)CCCC3)cc1. The maximum atomic E-state index is 5.92. The molecule has 2 aromatic rings. The summed E-state index contributed by atoms with van der Waals surface area (Å²) in [6.07, 6.45) is 4.30. The van der Waals surface area contributed by atoms with Gasteiger partial charge in [-0.3, -0.25) is 0 Å². The molecule has 1 aromatic heterocycles. The molecule has 0 spiro atoms. The van der Waals surface area contributed by atoms with Crippen LogP contribution in [0.15, 0.2) is 28.7 Å². The standard InChI is InChI=1S/C15H15NO2S/c1-17-11-8-6-10(7-9-11)14-16-15(19)12-4-2-3-5-13(12)18-14/h6-9H,2-5H2,1H3. The number of benzene rings is 1. The fourth-order valence-electron chi connectivity index (χ4n) is 2.37. The summed E-state index contributed by atoms with van der Waals surface area (Å²) in [5.41, 5.74) is 2.05. The largest absolute Gasteiger partial charge is 0.497 e. The van der Waals surface area contributed by atoms with Crippen molar-refractivity contribution in [3.05, 3.63) is 40.2 Å². The van der Waals surface area contributed by atoms with E-state index in [0.29, 0.717) is 10.5 Å². The van der Waals surface area contributed by atoms with E-state index in [2.05, 4.69) is 4.98 Å². The molecular formula is C15H15NO2S. The van der Waals surface area contributed by atoms with E-state index < -0.39 is 0 Å². The summed E-state index contributed by atoms with van der Waals surface area (Å²) >= 11 is 5.38. The Balaban J connectivity index is 2.05. The normalized spacial score (nSPS) is 13.9. The quantitative estimate of drug-likeness (QED) is 0.776. The molecule has 1 aliphatic rings. The van der Waals surface area contributed by atoms with Gasteiger partial charge in [-0.2, -0.15) is 0 Å². The second kappa shape index (κ2) is 5.13. The molecule has 0 N–H and O–H groups in total. The first kappa shape index (κ1) is 12.4. The average Bonchev–Trinajstić information content (AvgIpc) is 2.47. The Labute approximate surface area is 117 Å². The Hall–Kier alpha value is -1.68. The molecule has 3 nitrogen and oxygen atoms in total. The van der Waals surface area contributed by atoms with Crippen LogP contribution in [0, 0.1) is 4.64 Å². The van der Waals surface area contributed by atoms with Crippen LogP contribution in [0.3, 0.4) is 0 Å². The number of nitrogens with zero attached hydrogens (tertiary/aromatic N) is 1. The van der Waals surface area contributed by atoms with E-state index in [1.54, 1.807) is 7.11 Å². The van der Waals surface area contributed by atoms with Crippen LogP contribution in [0.25, 0.3) is 11.5 Å². The van der Waals surface area contributed by atoms with Gasteiger partial charge in [0.1, 0.15) is 16.2 Å². The van der Waals surface area contributed by atoms with Gasteiger partial charge in [0.05, 0.1) is 7.11 Å². The molecule has 1 heterocycles. The van der Waals surface area contributed by atoms with E-state index >= 15 is 0 Å². The van der Waals surface area contributed by atoms with Gasteiger partial charge >= 0.3 is 0 Å². The monoisotopic (exact) mass is 273 g/mol. The van der Waals surface area contributed by atoms with E-state index in [1.165, 1.54) is 6.42 Å². The Morgan fingerprint density at radius 2 is 1.89 bits per heavy atom. The lowest BCUT2D eigenvalue weighted by atomic mass is 9.98. The van der Waals surface area contributed by atoms with Crippen molar-refractivity contribution < 1.29 is 9.15 Å². The molecule has 0 atom stereocenters. The van der Waals surface area contributed by atoms with Gasteiger partial charge in [-0.15, -0.1) is 0 Å². The number of fused-ring (bicyclic) bond motifs is 1. The van der Waals surface area contributed by atoms with Crippen LogP contribution in [0.1, 0.15) is 24.2 Å². The maximum absolute atomic E-state index is 5.92. The molecule has 0 saturated heterocycles. The summed E-state index contributed by atoms with van der Waals surface area (Å²) in [4.78, 5) is 4.42. The van der Waals surface area contributed by atoms with Crippen molar-refractivity contribution in [3.63, 3.8) is 0 Å². The highest BCUT2D eigenvalue weighted by molar-refractivity contribution is 7.71. The van der Waals surface area contributed by atoms with Crippen LogP contribution in [0.2, 0.25) is 0 Å². The molecule has 98 valence electrons. The minimum Gasteiger partial charge on any atom is -0.497 e. The van der Waals surface area contributed by atoms with Crippen LogP contribution in [-0.2, 0) is 12.8 Å². The van der Waals surface area contributed by atoms with Gasteiger partial charge in [0.25, 0.3) is 0 Å². The van der Waals surface area contributed by atoms with Crippen molar-refractivity contribution in [2.45, 2.75) is 25.7 Å². The summed E-state index contributed by atoms with van der Waals surface area (Å²) in [6.45, 7) is 0. The molecule has 0 amide bonds. The molecule has 0 unspecified atom stereocenters. The molecule has 1 aliphatic carbocycles. The van der Waals surface area contributed by atoms with Crippen molar-refractivity contribution in [2.75, 3.05) is 7.11 Å². The third-order valence-electron chi connectivity index (χ3n) is 3.44. The lowest BCUT2D eigenvalue weighted by Crippen LogP contribution is -2.05. The molecular weight excluding hydrogens is 258 g/mol. The van der Waals surface area contributed by atoms with Crippen LogP contribution >= 0.6 is 12.2 Å². The summed E-state index contributed by atoms with van der Waals surface area (Å²) in [5, 5.41) is 0. The highest BCUT2D eigenvalue weighted by Gasteiger charge is 2.16. The topological polar surface area (TPSA) is 35.3 Å². The predicted octanol–water partition coefficient (Wildman–Crippen LogP) is 3.96. The Morgan fingerprint density at radius 3 is 2.63 bits per heavy atom. The van der Waals surface area contributed by atoms with Gasteiger partial charge in [0.15, 0.2) is 0 Å². The van der Waals surface area contributed by atoms with Gasteiger partial charge in [-0.25, -0.2) is 4.98 Å². The summed E-state index contributed by atoms with van der Waals surface area (Å²) < 4.78 is 11.8. The highest BCUT2D eigenvalue weighted by atomic mass is 32.1. The van der Waals surface area contributed by atoms with Crippen molar-refractivity contribution in [1.29, 1.82) is 0 Å². The van der Waals surface area contributed by atoms with Crippen LogP contribution in [-0.4, -0.2) is 12.1 Å². The zero-order valence-corrected chi connectivity index (χ0v) is 11.6. The number of aromatic nitrogens is 1. The predicted molar refractivity (Wildman–Crippen MR) is 76.0 cm³/mol. The first-order valence-electron chi connectivity index (χ1n) is 6.45. The van der Waals surface area contributed by atoms with Crippen LogP contribution in [0.5, 0.6) is 5.75 Å². The number of rotatable bonds is 2. The summed E-state index contributed by atoms with van der Waals surface area (Å²) in [5.74, 6) is 2.44. The van der Waals surface area contributed by atoms with E-state index in [0.717, 1.165) is 41.9 Å². The number of hydrogen-bond acceptors (Lipinski definition) is 4. The van der Waals surface area contributed by atoms with Gasteiger partial charge < -0.3 is 9.15 Å².